The van der Waals surface area contributed by atoms with Gasteiger partial charge in [0.05, 0.1) is 0 Å². The van der Waals surface area contributed by atoms with Crippen LogP contribution in [0.1, 0.15) is 59.7 Å². The number of carbonyl (C=O) groups is 2. The summed E-state index contributed by atoms with van der Waals surface area (Å²) in [5, 5.41) is 0. The Labute approximate surface area is 185 Å². The summed E-state index contributed by atoms with van der Waals surface area (Å²) < 4.78 is 0. The van der Waals surface area contributed by atoms with E-state index in [4.69, 9.17) is 0 Å². The second kappa shape index (κ2) is 9.65. The summed E-state index contributed by atoms with van der Waals surface area (Å²) in [5.74, 6) is 0.888. The van der Waals surface area contributed by atoms with E-state index in [9.17, 15) is 9.59 Å². The lowest BCUT2D eigenvalue weighted by atomic mass is 10.0. The number of piperazine rings is 1. The number of amides is 2. The van der Waals surface area contributed by atoms with E-state index in [1.54, 1.807) is 0 Å². The Morgan fingerprint density at radius 3 is 2.03 bits per heavy atom. The molecule has 5 nitrogen and oxygen atoms in total. The van der Waals surface area contributed by atoms with E-state index in [-0.39, 0.29) is 11.8 Å². The number of carbonyl (C=O) groups excluding carboxylic acids is 2. The Morgan fingerprint density at radius 1 is 0.839 bits per heavy atom. The second-order valence-corrected chi connectivity index (χ2v) is 9.08. The Balaban J connectivity index is 1.27. The van der Waals surface area contributed by atoms with Gasteiger partial charge in [-0.15, -0.1) is 0 Å². The highest BCUT2D eigenvalue weighted by Crippen LogP contribution is 2.18. The fourth-order valence-corrected chi connectivity index (χ4v) is 4.40. The van der Waals surface area contributed by atoms with Crippen LogP contribution in [0.15, 0.2) is 48.5 Å². The molecule has 2 fully saturated rings. The normalized spacial score (nSPS) is 17.6. The molecule has 0 aliphatic carbocycles. The van der Waals surface area contributed by atoms with Crippen LogP contribution in [0.4, 0.5) is 0 Å². The van der Waals surface area contributed by atoms with Gasteiger partial charge >= 0.3 is 0 Å². The fraction of sp³-hybridized carbons (Fsp3) is 0.462. The van der Waals surface area contributed by atoms with Crippen LogP contribution >= 0.6 is 0 Å². The molecule has 2 saturated heterocycles. The van der Waals surface area contributed by atoms with Crippen LogP contribution in [0.2, 0.25) is 0 Å². The van der Waals surface area contributed by atoms with Crippen LogP contribution in [-0.2, 0) is 17.9 Å². The minimum absolute atomic E-state index is 0.102. The van der Waals surface area contributed by atoms with Gasteiger partial charge in [-0.2, -0.15) is 0 Å². The predicted octanol–water partition coefficient (Wildman–Crippen LogP) is 3.89. The standard InChI is InChI=1S/C26H33N3O2/c1-20(2)23-9-5-21(6-10-23)18-27-14-16-28(17-15-27)26(31)24-11-7-22(8-12-24)19-29-13-3-4-25(29)30/h5-12,20H,3-4,13-19H2,1-2H3. The van der Waals surface area contributed by atoms with Crippen LogP contribution in [0.5, 0.6) is 0 Å². The maximum Gasteiger partial charge on any atom is 0.253 e. The summed E-state index contributed by atoms with van der Waals surface area (Å²) in [4.78, 5) is 31.0. The third kappa shape index (κ3) is 5.34. The third-order valence-electron chi connectivity index (χ3n) is 6.46. The third-order valence-corrected chi connectivity index (χ3v) is 6.46. The average Bonchev–Trinajstić information content (AvgIpc) is 3.19. The number of rotatable bonds is 6. The smallest absolute Gasteiger partial charge is 0.253 e. The quantitative estimate of drug-likeness (QED) is 0.714. The van der Waals surface area contributed by atoms with Gasteiger partial charge < -0.3 is 9.80 Å². The minimum Gasteiger partial charge on any atom is -0.338 e. The summed E-state index contributed by atoms with van der Waals surface area (Å²) in [7, 11) is 0. The molecule has 164 valence electrons. The monoisotopic (exact) mass is 419 g/mol. The molecule has 0 spiro atoms. The molecule has 0 N–H and O–H groups in total. The Hall–Kier alpha value is -2.66. The van der Waals surface area contributed by atoms with Crippen molar-refractivity contribution in [1.29, 1.82) is 0 Å². The summed E-state index contributed by atoms with van der Waals surface area (Å²) in [6.07, 6.45) is 1.61. The molecule has 2 amide bonds. The first kappa shape index (κ1) is 21.6. The summed E-state index contributed by atoms with van der Waals surface area (Å²) in [6, 6.07) is 16.7. The Kier molecular flexibility index (Phi) is 6.71. The van der Waals surface area contributed by atoms with Crippen LogP contribution in [0, 0.1) is 0 Å². The molecule has 0 unspecified atom stereocenters. The molecule has 2 aliphatic rings. The van der Waals surface area contributed by atoms with Gasteiger partial charge in [-0.25, -0.2) is 0 Å². The van der Waals surface area contributed by atoms with Crippen LogP contribution < -0.4 is 0 Å². The lowest BCUT2D eigenvalue weighted by Crippen LogP contribution is -2.48. The van der Waals surface area contributed by atoms with Gasteiger partial charge in [0.2, 0.25) is 5.91 Å². The molecule has 0 atom stereocenters. The molecule has 4 rings (SSSR count). The first-order chi connectivity index (χ1) is 15.0. The number of hydrogen-bond acceptors (Lipinski definition) is 3. The van der Waals surface area contributed by atoms with Gasteiger partial charge in [0, 0.05) is 57.8 Å². The Morgan fingerprint density at radius 2 is 1.45 bits per heavy atom. The van der Waals surface area contributed by atoms with E-state index in [1.807, 2.05) is 34.1 Å². The number of likely N-dealkylation sites (tertiary alicyclic amines) is 1. The van der Waals surface area contributed by atoms with Crippen molar-refractivity contribution in [3.63, 3.8) is 0 Å². The molecule has 2 aromatic rings. The molecule has 0 saturated carbocycles. The van der Waals surface area contributed by atoms with Gasteiger partial charge in [0.15, 0.2) is 0 Å². The van der Waals surface area contributed by atoms with E-state index in [0.717, 1.165) is 56.8 Å². The summed E-state index contributed by atoms with van der Waals surface area (Å²) in [6.45, 7) is 10.2. The van der Waals surface area contributed by atoms with Crippen molar-refractivity contribution in [2.24, 2.45) is 0 Å². The zero-order chi connectivity index (χ0) is 21.8. The van der Waals surface area contributed by atoms with E-state index in [2.05, 4.69) is 43.0 Å². The van der Waals surface area contributed by atoms with Crippen LogP contribution in [0.3, 0.4) is 0 Å². The maximum absolute atomic E-state index is 12.9. The predicted molar refractivity (Wildman–Crippen MR) is 123 cm³/mol. The maximum atomic E-state index is 12.9. The fourth-order valence-electron chi connectivity index (χ4n) is 4.40. The molecule has 0 bridgehead atoms. The first-order valence-corrected chi connectivity index (χ1v) is 11.5. The lowest BCUT2D eigenvalue weighted by Gasteiger charge is -2.35. The number of hydrogen-bond donors (Lipinski definition) is 0. The topological polar surface area (TPSA) is 43.9 Å². The molecule has 2 aliphatic heterocycles. The molecule has 0 radical (unpaired) electrons. The number of nitrogens with zero attached hydrogens (tertiary/aromatic N) is 3. The number of benzene rings is 2. The van der Waals surface area contributed by atoms with E-state index < -0.39 is 0 Å². The Bertz CT molecular complexity index is 897. The summed E-state index contributed by atoms with van der Waals surface area (Å²) >= 11 is 0. The van der Waals surface area contributed by atoms with Crippen molar-refractivity contribution in [1.82, 2.24) is 14.7 Å². The van der Waals surface area contributed by atoms with Gasteiger partial charge in [-0.3, -0.25) is 14.5 Å². The van der Waals surface area contributed by atoms with Crippen molar-refractivity contribution < 1.29 is 9.59 Å². The highest BCUT2D eigenvalue weighted by molar-refractivity contribution is 5.94. The van der Waals surface area contributed by atoms with Gasteiger partial charge in [0.1, 0.15) is 0 Å². The second-order valence-electron chi connectivity index (χ2n) is 9.08. The minimum atomic E-state index is 0.102. The van der Waals surface area contributed by atoms with Crippen molar-refractivity contribution >= 4 is 11.8 Å². The van der Waals surface area contributed by atoms with Crippen molar-refractivity contribution in [2.45, 2.75) is 45.7 Å². The largest absolute Gasteiger partial charge is 0.338 e. The van der Waals surface area contributed by atoms with Gasteiger partial charge in [-0.05, 0) is 41.2 Å². The van der Waals surface area contributed by atoms with E-state index >= 15 is 0 Å². The molecule has 2 heterocycles. The molecule has 2 aromatic carbocycles. The van der Waals surface area contributed by atoms with Gasteiger partial charge in [0.25, 0.3) is 5.91 Å². The average molecular weight is 420 g/mol. The van der Waals surface area contributed by atoms with Crippen molar-refractivity contribution in [3.05, 3.63) is 70.8 Å². The molecular formula is C26H33N3O2. The van der Waals surface area contributed by atoms with Crippen molar-refractivity contribution in [3.8, 4) is 0 Å². The van der Waals surface area contributed by atoms with E-state index in [0.29, 0.717) is 18.9 Å². The summed E-state index contributed by atoms with van der Waals surface area (Å²) in [5.41, 5.74) is 4.52. The first-order valence-electron chi connectivity index (χ1n) is 11.5. The lowest BCUT2D eigenvalue weighted by molar-refractivity contribution is -0.128. The zero-order valence-electron chi connectivity index (χ0n) is 18.7. The van der Waals surface area contributed by atoms with E-state index in [1.165, 1.54) is 11.1 Å². The SMILES string of the molecule is CC(C)c1ccc(CN2CCN(C(=O)c3ccc(CN4CCCC4=O)cc3)CC2)cc1. The highest BCUT2D eigenvalue weighted by Gasteiger charge is 2.23. The molecule has 31 heavy (non-hydrogen) atoms. The molecule has 0 aromatic heterocycles. The zero-order valence-corrected chi connectivity index (χ0v) is 18.7. The van der Waals surface area contributed by atoms with Crippen LogP contribution in [0.25, 0.3) is 0 Å². The van der Waals surface area contributed by atoms with Gasteiger partial charge in [-0.1, -0.05) is 50.2 Å². The molecular weight excluding hydrogens is 386 g/mol. The van der Waals surface area contributed by atoms with Crippen molar-refractivity contribution in [2.75, 3.05) is 32.7 Å². The highest BCUT2D eigenvalue weighted by atomic mass is 16.2. The van der Waals surface area contributed by atoms with Crippen LogP contribution in [-0.4, -0.2) is 59.2 Å². The molecule has 5 heteroatoms.